The zero-order chi connectivity index (χ0) is 17.1. The van der Waals surface area contributed by atoms with Crippen LogP contribution >= 0.6 is 11.8 Å². The molecule has 7 heteroatoms. The monoisotopic (exact) mass is 343 g/mol. The summed E-state index contributed by atoms with van der Waals surface area (Å²) >= 11 is 0.983. The standard InChI is InChI=1S/C17H13NO5S/c19-12-5-1-10(2-6-12)15-16(11-3-7-13(20)8-4-11)23-17(18-15)24-9-14(21)22/h1-8,19-20H,9H2,(H,21,22). The summed E-state index contributed by atoms with van der Waals surface area (Å²) in [6, 6.07) is 12.9. The fourth-order valence-electron chi connectivity index (χ4n) is 2.11. The highest BCUT2D eigenvalue weighted by atomic mass is 32.2. The number of aliphatic carboxylic acids is 1. The Morgan fingerprint density at radius 1 is 0.958 bits per heavy atom. The van der Waals surface area contributed by atoms with Crippen molar-refractivity contribution in [3.05, 3.63) is 48.5 Å². The molecule has 0 saturated heterocycles. The normalized spacial score (nSPS) is 10.7. The Balaban J connectivity index is 2.05. The molecule has 0 spiro atoms. The molecule has 0 amide bonds. The van der Waals surface area contributed by atoms with Crippen LogP contribution in [0.1, 0.15) is 0 Å². The van der Waals surface area contributed by atoms with E-state index in [0.717, 1.165) is 17.3 Å². The van der Waals surface area contributed by atoms with E-state index in [0.29, 0.717) is 17.0 Å². The molecule has 1 aromatic heterocycles. The Hall–Kier alpha value is -2.93. The maximum atomic E-state index is 10.7. The smallest absolute Gasteiger partial charge is 0.314 e. The summed E-state index contributed by atoms with van der Waals surface area (Å²) in [4.78, 5) is 15.1. The maximum absolute atomic E-state index is 10.7. The average molecular weight is 343 g/mol. The fraction of sp³-hybridized carbons (Fsp3) is 0.0588. The summed E-state index contributed by atoms with van der Waals surface area (Å²) in [6.07, 6.45) is 0. The number of rotatable bonds is 5. The topological polar surface area (TPSA) is 104 Å². The van der Waals surface area contributed by atoms with Gasteiger partial charge in [0.2, 0.25) is 0 Å². The second kappa shape index (κ2) is 6.67. The van der Waals surface area contributed by atoms with Crippen LogP contribution in [0.15, 0.2) is 58.2 Å². The number of oxazole rings is 1. The minimum atomic E-state index is -0.962. The molecule has 0 fully saturated rings. The van der Waals surface area contributed by atoms with Gasteiger partial charge in [0.1, 0.15) is 22.9 Å². The number of benzene rings is 2. The predicted molar refractivity (Wildman–Crippen MR) is 89.1 cm³/mol. The van der Waals surface area contributed by atoms with Gasteiger partial charge in [0, 0.05) is 11.1 Å². The van der Waals surface area contributed by atoms with Gasteiger partial charge in [-0.15, -0.1) is 0 Å². The Labute approximate surface area is 141 Å². The van der Waals surface area contributed by atoms with Gasteiger partial charge < -0.3 is 19.7 Å². The van der Waals surface area contributed by atoms with Gasteiger partial charge in [0.25, 0.3) is 5.22 Å². The van der Waals surface area contributed by atoms with Crippen LogP contribution in [0.2, 0.25) is 0 Å². The van der Waals surface area contributed by atoms with Crippen molar-refractivity contribution in [3.8, 4) is 34.1 Å². The largest absolute Gasteiger partial charge is 0.508 e. The average Bonchev–Trinajstić information content (AvgIpc) is 2.98. The lowest BCUT2D eigenvalue weighted by Crippen LogP contribution is -1.97. The molecule has 0 aliphatic rings. The second-order valence-electron chi connectivity index (χ2n) is 4.93. The molecule has 0 aliphatic carbocycles. The van der Waals surface area contributed by atoms with E-state index in [2.05, 4.69) is 4.98 Å². The van der Waals surface area contributed by atoms with Crippen molar-refractivity contribution in [2.24, 2.45) is 0 Å². The van der Waals surface area contributed by atoms with E-state index in [1.165, 1.54) is 24.3 Å². The highest BCUT2D eigenvalue weighted by Gasteiger charge is 2.18. The number of phenols is 2. The number of nitrogens with zero attached hydrogens (tertiary/aromatic N) is 1. The molecule has 2 aromatic carbocycles. The van der Waals surface area contributed by atoms with E-state index < -0.39 is 5.97 Å². The highest BCUT2D eigenvalue weighted by molar-refractivity contribution is 7.99. The third-order valence-corrected chi connectivity index (χ3v) is 4.01. The van der Waals surface area contributed by atoms with Gasteiger partial charge in [0.05, 0.1) is 0 Å². The van der Waals surface area contributed by atoms with Crippen LogP contribution < -0.4 is 0 Å². The first kappa shape index (κ1) is 15.9. The van der Waals surface area contributed by atoms with Crippen molar-refractivity contribution in [1.82, 2.24) is 4.98 Å². The van der Waals surface area contributed by atoms with Gasteiger partial charge in [-0.1, -0.05) is 11.8 Å². The first-order valence-corrected chi connectivity index (χ1v) is 7.96. The minimum Gasteiger partial charge on any atom is -0.508 e. The summed E-state index contributed by atoms with van der Waals surface area (Å²) in [5, 5.41) is 27.9. The lowest BCUT2D eigenvalue weighted by Gasteiger charge is -2.02. The molecule has 0 aliphatic heterocycles. The van der Waals surface area contributed by atoms with Gasteiger partial charge in [-0.05, 0) is 48.5 Å². The third kappa shape index (κ3) is 3.52. The van der Waals surface area contributed by atoms with Gasteiger partial charge in [-0.25, -0.2) is 4.98 Å². The van der Waals surface area contributed by atoms with Crippen molar-refractivity contribution < 1.29 is 24.5 Å². The molecule has 0 unspecified atom stereocenters. The van der Waals surface area contributed by atoms with Crippen molar-refractivity contribution in [3.63, 3.8) is 0 Å². The van der Waals surface area contributed by atoms with E-state index in [-0.39, 0.29) is 22.5 Å². The van der Waals surface area contributed by atoms with Crippen LogP contribution in [0.3, 0.4) is 0 Å². The first-order chi connectivity index (χ1) is 11.5. The lowest BCUT2D eigenvalue weighted by molar-refractivity contribution is -0.133. The lowest BCUT2D eigenvalue weighted by atomic mass is 10.1. The molecule has 122 valence electrons. The Kier molecular flexibility index (Phi) is 4.43. The number of carboxylic acid groups (broad SMARTS) is 1. The molecule has 6 nitrogen and oxygen atoms in total. The Morgan fingerprint density at radius 2 is 1.50 bits per heavy atom. The Morgan fingerprint density at radius 3 is 2.04 bits per heavy atom. The number of phenolic OH excluding ortho intramolecular Hbond substituents is 2. The molecule has 24 heavy (non-hydrogen) atoms. The van der Waals surface area contributed by atoms with Crippen LogP contribution in [-0.2, 0) is 4.79 Å². The number of hydrogen-bond acceptors (Lipinski definition) is 6. The van der Waals surface area contributed by atoms with E-state index >= 15 is 0 Å². The van der Waals surface area contributed by atoms with Crippen molar-refractivity contribution in [2.45, 2.75) is 5.22 Å². The van der Waals surface area contributed by atoms with Gasteiger partial charge in [-0.2, -0.15) is 0 Å². The van der Waals surface area contributed by atoms with Gasteiger partial charge in [-0.3, -0.25) is 4.79 Å². The van der Waals surface area contributed by atoms with Crippen molar-refractivity contribution >= 4 is 17.7 Å². The van der Waals surface area contributed by atoms with Crippen molar-refractivity contribution in [1.29, 1.82) is 0 Å². The SMILES string of the molecule is O=C(O)CSc1nc(-c2ccc(O)cc2)c(-c2ccc(O)cc2)o1. The molecule has 3 rings (SSSR count). The fourth-order valence-corrected chi connectivity index (χ4v) is 2.65. The molecule has 0 radical (unpaired) electrons. The highest BCUT2D eigenvalue weighted by Crippen LogP contribution is 2.36. The summed E-state index contributed by atoms with van der Waals surface area (Å²) < 4.78 is 5.72. The Bertz CT molecular complexity index is 793. The van der Waals surface area contributed by atoms with Crippen LogP contribution in [-0.4, -0.2) is 32.0 Å². The summed E-state index contributed by atoms with van der Waals surface area (Å²) in [5.74, 6) is -0.396. The van der Waals surface area contributed by atoms with E-state index in [1.54, 1.807) is 24.3 Å². The van der Waals surface area contributed by atoms with Crippen LogP contribution in [0.4, 0.5) is 0 Å². The number of carbonyl (C=O) groups is 1. The number of aromatic hydroxyl groups is 2. The number of carboxylic acids is 1. The second-order valence-corrected chi connectivity index (χ2v) is 5.86. The summed E-state index contributed by atoms with van der Waals surface area (Å²) in [5.41, 5.74) is 1.96. The molecular formula is C17H13NO5S. The van der Waals surface area contributed by atoms with Crippen molar-refractivity contribution in [2.75, 3.05) is 5.75 Å². The van der Waals surface area contributed by atoms with Crippen LogP contribution in [0, 0.1) is 0 Å². The molecule has 0 saturated carbocycles. The quantitative estimate of drug-likeness (QED) is 0.608. The number of aromatic nitrogens is 1. The molecule has 3 N–H and O–H groups in total. The molecule has 0 atom stereocenters. The van der Waals surface area contributed by atoms with Gasteiger partial charge >= 0.3 is 5.97 Å². The zero-order valence-corrected chi connectivity index (χ0v) is 13.2. The molecule has 3 aromatic rings. The molecule has 0 bridgehead atoms. The minimum absolute atomic E-state index is 0.130. The van der Waals surface area contributed by atoms with Crippen LogP contribution in [0.5, 0.6) is 11.5 Å². The van der Waals surface area contributed by atoms with E-state index in [4.69, 9.17) is 9.52 Å². The summed E-state index contributed by atoms with van der Waals surface area (Å²) in [7, 11) is 0. The predicted octanol–water partition coefficient (Wildman–Crippen LogP) is 3.60. The summed E-state index contributed by atoms with van der Waals surface area (Å²) in [6.45, 7) is 0. The molecule has 1 heterocycles. The van der Waals surface area contributed by atoms with E-state index in [1.807, 2.05) is 0 Å². The number of thioether (sulfide) groups is 1. The zero-order valence-electron chi connectivity index (χ0n) is 12.3. The van der Waals surface area contributed by atoms with Crippen LogP contribution in [0.25, 0.3) is 22.6 Å². The maximum Gasteiger partial charge on any atom is 0.314 e. The molecular weight excluding hydrogens is 330 g/mol. The van der Waals surface area contributed by atoms with Gasteiger partial charge in [0.15, 0.2) is 5.76 Å². The number of hydrogen-bond donors (Lipinski definition) is 3. The first-order valence-electron chi connectivity index (χ1n) is 6.97. The third-order valence-electron chi connectivity index (χ3n) is 3.20. The van der Waals surface area contributed by atoms with E-state index in [9.17, 15) is 15.0 Å².